The zero-order valence-corrected chi connectivity index (χ0v) is 17.5. The maximum atomic E-state index is 13.5. The number of fused-ring (bicyclic) bond motifs is 1. The first-order valence-electron chi connectivity index (χ1n) is 10.9. The molecule has 31 heavy (non-hydrogen) atoms. The summed E-state index contributed by atoms with van der Waals surface area (Å²) in [6.45, 7) is 3.35. The molecule has 4 nitrogen and oxygen atoms in total. The first-order valence-corrected chi connectivity index (χ1v) is 10.9. The summed E-state index contributed by atoms with van der Waals surface area (Å²) < 4.78 is 17.1. The minimum Gasteiger partial charge on any atom is -0.299 e. The summed E-state index contributed by atoms with van der Waals surface area (Å²) in [4.78, 5) is 15.9. The number of halogens is 1. The van der Waals surface area contributed by atoms with Crippen LogP contribution in [0.15, 0.2) is 83.7 Å². The molecule has 5 rings (SSSR count). The van der Waals surface area contributed by atoms with Crippen molar-refractivity contribution >= 4 is 11.0 Å². The van der Waals surface area contributed by atoms with Crippen LogP contribution < -0.4 is 5.69 Å². The van der Waals surface area contributed by atoms with Crippen molar-refractivity contribution in [3.05, 3.63) is 106 Å². The SMILES string of the molecule is O=c1n(Cc2ccc(F)cc2)c2ccccc2n1C1CCN(Cc2ccccc2)CC1. The maximum absolute atomic E-state index is 13.5. The van der Waals surface area contributed by atoms with E-state index in [1.54, 1.807) is 12.1 Å². The Morgan fingerprint density at radius 2 is 1.35 bits per heavy atom. The van der Waals surface area contributed by atoms with Gasteiger partial charge in [0.1, 0.15) is 5.82 Å². The minimum atomic E-state index is -0.263. The molecule has 5 heteroatoms. The molecule has 1 fully saturated rings. The molecule has 0 atom stereocenters. The molecule has 0 bridgehead atoms. The van der Waals surface area contributed by atoms with Crippen LogP contribution in [-0.4, -0.2) is 27.1 Å². The van der Waals surface area contributed by atoms with Gasteiger partial charge in [-0.2, -0.15) is 0 Å². The smallest absolute Gasteiger partial charge is 0.299 e. The second-order valence-corrected chi connectivity index (χ2v) is 8.35. The first kappa shape index (κ1) is 19.8. The Kier molecular flexibility index (Phi) is 5.43. The van der Waals surface area contributed by atoms with Crippen LogP contribution >= 0.6 is 0 Å². The fourth-order valence-electron chi connectivity index (χ4n) is 4.69. The number of benzene rings is 3. The topological polar surface area (TPSA) is 30.2 Å². The van der Waals surface area contributed by atoms with Gasteiger partial charge in [-0.05, 0) is 48.2 Å². The van der Waals surface area contributed by atoms with E-state index in [0.29, 0.717) is 6.54 Å². The summed E-state index contributed by atoms with van der Waals surface area (Å²) in [7, 11) is 0. The van der Waals surface area contributed by atoms with Crippen molar-refractivity contribution < 1.29 is 4.39 Å². The summed E-state index contributed by atoms with van der Waals surface area (Å²) in [5.74, 6) is -0.263. The van der Waals surface area contributed by atoms with E-state index in [4.69, 9.17) is 0 Å². The maximum Gasteiger partial charge on any atom is 0.329 e. The first-order chi connectivity index (χ1) is 15.2. The standard InChI is InChI=1S/C26H26FN3O/c27-22-12-10-21(11-13-22)19-29-24-8-4-5-9-25(24)30(26(29)31)23-14-16-28(17-15-23)18-20-6-2-1-3-7-20/h1-13,23H,14-19H2. The average molecular weight is 416 g/mol. The molecule has 1 aromatic heterocycles. The normalized spacial score (nSPS) is 15.5. The lowest BCUT2D eigenvalue weighted by Gasteiger charge is -2.32. The molecule has 0 N–H and O–H groups in total. The summed E-state index contributed by atoms with van der Waals surface area (Å²) in [5, 5.41) is 0. The Hall–Kier alpha value is -3.18. The van der Waals surface area contributed by atoms with Crippen LogP contribution in [0, 0.1) is 5.82 Å². The van der Waals surface area contributed by atoms with Gasteiger partial charge in [0.15, 0.2) is 0 Å². The Bertz CT molecular complexity index is 1220. The van der Waals surface area contributed by atoms with E-state index in [9.17, 15) is 9.18 Å². The van der Waals surface area contributed by atoms with E-state index < -0.39 is 0 Å². The third-order valence-corrected chi connectivity index (χ3v) is 6.29. The molecule has 4 aromatic rings. The molecule has 1 aliphatic heterocycles. The van der Waals surface area contributed by atoms with Crippen molar-refractivity contribution in [1.82, 2.24) is 14.0 Å². The van der Waals surface area contributed by atoms with Gasteiger partial charge >= 0.3 is 5.69 Å². The van der Waals surface area contributed by atoms with Crippen molar-refractivity contribution in [2.24, 2.45) is 0 Å². The zero-order chi connectivity index (χ0) is 21.2. The quantitative estimate of drug-likeness (QED) is 0.467. The second kappa shape index (κ2) is 8.52. The minimum absolute atomic E-state index is 0.0204. The summed E-state index contributed by atoms with van der Waals surface area (Å²) >= 11 is 0. The zero-order valence-electron chi connectivity index (χ0n) is 17.5. The van der Waals surface area contributed by atoms with Gasteiger partial charge in [-0.1, -0.05) is 54.6 Å². The van der Waals surface area contributed by atoms with E-state index in [1.807, 2.05) is 39.5 Å². The number of likely N-dealkylation sites (tertiary alicyclic amines) is 1. The highest BCUT2D eigenvalue weighted by molar-refractivity contribution is 5.76. The molecule has 1 saturated heterocycles. The summed E-state index contributed by atoms with van der Waals surface area (Å²) in [6, 6.07) is 25.1. The molecule has 158 valence electrons. The van der Waals surface area contributed by atoms with Crippen molar-refractivity contribution in [1.29, 1.82) is 0 Å². The van der Waals surface area contributed by atoms with E-state index in [2.05, 4.69) is 29.2 Å². The van der Waals surface area contributed by atoms with E-state index >= 15 is 0 Å². The molecule has 3 aromatic carbocycles. The van der Waals surface area contributed by atoms with Gasteiger partial charge in [0.25, 0.3) is 0 Å². The number of imidazole rings is 1. The highest BCUT2D eigenvalue weighted by atomic mass is 19.1. The number of para-hydroxylation sites is 2. The van der Waals surface area contributed by atoms with E-state index in [0.717, 1.165) is 49.1 Å². The van der Waals surface area contributed by atoms with Gasteiger partial charge in [-0.15, -0.1) is 0 Å². The van der Waals surface area contributed by atoms with Crippen LogP contribution in [0.25, 0.3) is 11.0 Å². The molecule has 0 radical (unpaired) electrons. The van der Waals surface area contributed by atoms with E-state index in [-0.39, 0.29) is 17.5 Å². The van der Waals surface area contributed by atoms with E-state index in [1.165, 1.54) is 17.7 Å². The molecule has 2 heterocycles. The van der Waals surface area contributed by atoms with Crippen molar-refractivity contribution in [2.45, 2.75) is 32.0 Å². The van der Waals surface area contributed by atoms with Crippen LogP contribution in [-0.2, 0) is 13.1 Å². The summed E-state index contributed by atoms with van der Waals surface area (Å²) in [6.07, 6.45) is 1.91. The van der Waals surface area contributed by atoms with Crippen LogP contribution in [0.2, 0.25) is 0 Å². The lowest BCUT2D eigenvalue weighted by molar-refractivity contribution is 0.179. The Morgan fingerprint density at radius 1 is 0.742 bits per heavy atom. The molecule has 0 unspecified atom stereocenters. The van der Waals surface area contributed by atoms with Crippen LogP contribution in [0.1, 0.15) is 30.0 Å². The predicted octanol–water partition coefficient (Wildman–Crippen LogP) is 4.83. The molecule has 0 aliphatic carbocycles. The Morgan fingerprint density at radius 3 is 2.06 bits per heavy atom. The fraction of sp³-hybridized carbons (Fsp3) is 0.269. The average Bonchev–Trinajstić information content (AvgIpc) is 3.08. The van der Waals surface area contributed by atoms with Crippen LogP contribution in [0.3, 0.4) is 0 Å². The number of nitrogens with zero attached hydrogens (tertiary/aromatic N) is 3. The second-order valence-electron chi connectivity index (χ2n) is 8.35. The third-order valence-electron chi connectivity index (χ3n) is 6.29. The number of hydrogen-bond donors (Lipinski definition) is 0. The predicted molar refractivity (Wildman–Crippen MR) is 122 cm³/mol. The molecular formula is C26H26FN3O. The van der Waals surface area contributed by atoms with Gasteiger partial charge < -0.3 is 0 Å². The Balaban J connectivity index is 1.40. The number of aromatic nitrogens is 2. The molecule has 0 amide bonds. The summed E-state index contributed by atoms with van der Waals surface area (Å²) in [5.41, 5.74) is 4.18. The van der Waals surface area contributed by atoms with Crippen LogP contribution in [0.4, 0.5) is 4.39 Å². The number of rotatable bonds is 5. The lowest BCUT2D eigenvalue weighted by Crippen LogP contribution is -2.37. The highest BCUT2D eigenvalue weighted by Crippen LogP contribution is 2.27. The monoisotopic (exact) mass is 415 g/mol. The molecule has 1 aliphatic rings. The fourth-order valence-corrected chi connectivity index (χ4v) is 4.69. The van der Waals surface area contributed by atoms with Gasteiger partial charge in [-0.25, -0.2) is 9.18 Å². The number of hydrogen-bond acceptors (Lipinski definition) is 2. The van der Waals surface area contributed by atoms with Crippen molar-refractivity contribution in [3.63, 3.8) is 0 Å². The third kappa shape index (κ3) is 4.06. The van der Waals surface area contributed by atoms with Crippen molar-refractivity contribution in [2.75, 3.05) is 13.1 Å². The van der Waals surface area contributed by atoms with Gasteiger partial charge in [-0.3, -0.25) is 14.0 Å². The lowest BCUT2D eigenvalue weighted by atomic mass is 10.0. The highest BCUT2D eigenvalue weighted by Gasteiger charge is 2.25. The van der Waals surface area contributed by atoms with Gasteiger partial charge in [0, 0.05) is 25.7 Å². The Labute approximate surface area is 181 Å². The molecule has 0 saturated carbocycles. The van der Waals surface area contributed by atoms with Crippen LogP contribution in [0.5, 0.6) is 0 Å². The molecular weight excluding hydrogens is 389 g/mol. The van der Waals surface area contributed by atoms with Crippen molar-refractivity contribution in [3.8, 4) is 0 Å². The molecule has 0 spiro atoms. The van der Waals surface area contributed by atoms with Gasteiger partial charge in [0.2, 0.25) is 0 Å². The number of piperidine rings is 1. The largest absolute Gasteiger partial charge is 0.329 e. The van der Waals surface area contributed by atoms with Gasteiger partial charge in [0.05, 0.1) is 17.6 Å².